The van der Waals surface area contributed by atoms with Gasteiger partial charge in [0.15, 0.2) is 0 Å². The van der Waals surface area contributed by atoms with Crippen LogP contribution in [0.5, 0.6) is 0 Å². The number of hydrogen-bond donors (Lipinski definition) is 1. The third-order valence-electron chi connectivity index (χ3n) is 3.91. The minimum atomic E-state index is 0.874. The first-order valence-electron chi connectivity index (χ1n) is 5.99. The molecule has 0 heterocycles. The summed E-state index contributed by atoms with van der Waals surface area (Å²) in [7, 11) is 0. The highest BCUT2D eigenvalue weighted by molar-refractivity contribution is 4.90. The Balaban J connectivity index is 1.60. The lowest BCUT2D eigenvalue weighted by Gasteiger charge is -2.26. The van der Waals surface area contributed by atoms with Crippen LogP contribution in [0.25, 0.3) is 0 Å². The summed E-state index contributed by atoms with van der Waals surface area (Å²) in [6, 6.07) is 0.874. The van der Waals surface area contributed by atoms with Gasteiger partial charge in [-0.1, -0.05) is 26.7 Å². The maximum Gasteiger partial charge on any atom is 0.00965 e. The highest BCUT2D eigenvalue weighted by atomic mass is 15.0. The molecule has 0 aromatic rings. The van der Waals surface area contributed by atoms with E-state index in [1.54, 1.807) is 0 Å². The molecule has 0 amide bonds. The van der Waals surface area contributed by atoms with Crippen LogP contribution < -0.4 is 5.32 Å². The van der Waals surface area contributed by atoms with E-state index in [1.807, 2.05) is 0 Å². The molecule has 1 nitrogen and oxygen atoms in total. The molecule has 0 aromatic carbocycles. The summed E-state index contributed by atoms with van der Waals surface area (Å²) in [4.78, 5) is 0. The van der Waals surface area contributed by atoms with Gasteiger partial charge < -0.3 is 5.32 Å². The summed E-state index contributed by atoms with van der Waals surface area (Å²) in [6.07, 6.45) is 7.28. The van der Waals surface area contributed by atoms with Gasteiger partial charge in [0.1, 0.15) is 0 Å². The molecule has 1 heteroatoms. The highest BCUT2D eigenvalue weighted by Gasteiger charge is 2.32. The smallest absolute Gasteiger partial charge is 0.00965 e. The van der Waals surface area contributed by atoms with Crippen LogP contribution in [0.3, 0.4) is 0 Å². The van der Waals surface area contributed by atoms with E-state index in [0.29, 0.717) is 0 Å². The molecule has 0 saturated heterocycles. The molecule has 2 atom stereocenters. The minimum Gasteiger partial charge on any atom is -0.313 e. The van der Waals surface area contributed by atoms with Crippen molar-refractivity contribution >= 4 is 0 Å². The lowest BCUT2D eigenvalue weighted by molar-refractivity contribution is 0.280. The van der Waals surface area contributed by atoms with Gasteiger partial charge in [-0.05, 0) is 43.6 Å². The quantitative estimate of drug-likeness (QED) is 0.706. The van der Waals surface area contributed by atoms with Crippen LogP contribution in [0.1, 0.15) is 46.0 Å². The molecule has 2 rings (SSSR count). The largest absolute Gasteiger partial charge is 0.313 e. The summed E-state index contributed by atoms with van der Waals surface area (Å²) in [5, 5.41) is 3.69. The summed E-state index contributed by atoms with van der Waals surface area (Å²) < 4.78 is 0. The van der Waals surface area contributed by atoms with Crippen LogP contribution in [-0.4, -0.2) is 12.6 Å². The monoisotopic (exact) mass is 181 g/mol. The maximum absolute atomic E-state index is 3.69. The molecule has 0 aliphatic heterocycles. The van der Waals surface area contributed by atoms with Crippen LogP contribution in [0.4, 0.5) is 0 Å². The Labute approximate surface area is 82.3 Å². The first-order chi connectivity index (χ1) is 6.25. The average Bonchev–Trinajstić information content (AvgIpc) is 2.81. The number of nitrogens with one attached hydrogen (secondary N) is 1. The Hall–Kier alpha value is -0.0400. The maximum atomic E-state index is 3.69. The van der Waals surface area contributed by atoms with Crippen LogP contribution in [-0.2, 0) is 0 Å². The second-order valence-corrected chi connectivity index (χ2v) is 5.35. The molecule has 2 aliphatic carbocycles. The topological polar surface area (TPSA) is 12.0 Å². The second-order valence-electron chi connectivity index (χ2n) is 5.35. The van der Waals surface area contributed by atoms with Gasteiger partial charge in [-0.15, -0.1) is 0 Å². The SMILES string of the molecule is CC1CCC(CNC2CC2C)CC1. The van der Waals surface area contributed by atoms with Gasteiger partial charge >= 0.3 is 0 Å². The summed E-state index contributed by atoms with van der Waals surface area (Å²) in [6.45, 7) is 6.04. The van der Waals surface area contributed by atoms with Crippen LogP contribution in [0, 0.1) is 17.8 Å². The molecule has 0 bridgehead atoms. The van der Waals surface area contributed by atoms with Crippen molar-refractivity contribution in [3.05, 3.63) is 0 Å². The van der Waals surface area contributed by atoms with Crippen molar-refractivity contribution in [1.29, 1.82) is 0 Å². The van der Waals surface area contributed by atoms with Crippen LogP contribution >= 0.6 is 0 Å². The third-order valence-corrected chi connectivity index (χ3v) is 3.91. The van der Waals surface area contributed by atoms with E-state index in [-0.39, 0.29) is 0 Å². The van der Waals surface area contributed by atoms with Gasteiger partial charge in [0, 0.05) is 6.04 Å². The van der Waals surface area contributed by atoms with Crippen molar-refractivity contribution in [1.82, 2.24) is 5.32 Å². The highest BCUT2D eigenvalue weighted by Crippen LogP contribution is 2.31. The van der Waals surface area contributed by atoms with E-state index < -0.39 is 0 Å². The Bertz CT molecular complexity index is 159. The summed E-state index contributed by atoms with van der Waals surface area (Å²) >= 11 is 0. The van der Waals surface area contributed by atoms with Crippen LogP contribution in [0.15, 0.2) is 0 Å². The van der Waals surface area contributed by atoms with Gasteiger partial charge in [0.2, 0.25) is 0 Å². The predicted molar refractivity (Wildman–Crippen MR) is 56.7 cm³/mol. The first kappa shape index (κ1) is 9.51. The lowest BCUT2D eigenvalue weighted by atomic mass is 9.83. The number of rotatable bonds is 3. The molecular formula is C12H23N. The normalized spacial score (nSPS) is 44.8. The molecule has 2 saturated carbocycles. The van der Waals surface area contributed by atoms with E-state index in [1.165, 1.54) is 38.6 Å². The molecule has 0 radical (unpaired) electrons. The molecule has 76 valence electrons. The van der Waals surface area contributed by atoms with Gasteiger partial charge in [0.25, 0.3) is 0 Å². The van der Waals surface area contributed by atoms with Crippen LogP contribution in [0.2, 0.25) is 0 Å². The van der Waals surface area contributed by atoms with Gasteiger partial charge in [-0.3, -0.25) is 0 Å². The minimum absolute atomic E-state index is 0.874. The average molecular weight is 181 g/mol. The van der Waals surface area contributed by atoms with Crippen molar-refractivity contribution in [2.45, 2.75) is 52.0 Å². The van der Waals surface area contributed by atoms with E-state index in [4.69, 9.17) is 0 Å². The number of hydrogen-bond acceptors (Lipinski definition) is 1. The fraction of sp³-hybridized carbons (Fsp3) is 1.00. The zero-order valence-electron chi connectivity index (χ0n) is 9.05. The van der Waals surface area contributed by atoms with E-state index in [9.17, 15) is 0 Å². The molecule has 1 N–H and O–H groups in total. The molecule has 0 aromatic heterocycles. The summed E-state index contributed by atoms with van der Waals surface area (Å²) in [5.41, 5.74) is 0. The van der Waals surface area contributed by atoms with Crippen molar-refractivity contribution < 1.29 is 0 Å². The van der Waals surface area contributed by atoms with Gasteiger partial charge in [-0.25, -0.2) is 0 Å². The predicted octanol–water partition coefficient (Wildman–Crippen LogP) is 2.81. The Morgan fingerprint density at radius 2 is 1.69 bits per heavy atom. The van der Waals surface area contributed by atoms with E-state index in [0.717, 1.165) is 23.8 Å². The van der Waals surface area contributed by atoms with Crippen molar-refractivity contribution in [2.24, 2.45) is 17.8 Å². The fourth-order valence-electron chi connectivity index (χ4n) is 2.46. The zero-order chi connectivity index (χ0) is 9.26. The molecule has 2 aliphatic rings. The lowest BCUT2D eigenvalue weighted by Crippen LogP contribution is -2.28. The van der Waals surface area contributed by atoms with Gasteiger partial charge in [-0.2, -0.15) is 0 Å². The Morgan fingerprint density at radius 1 is 1.08 bits per heavy atom. The molecule has 2 fully saturated rings. The third kappa shape index (κ3) is 2.70. The standard InChI is InChI=1S/C12H23N/c1-9-3-5-11(6-4-9)8-13-12-7-10(12)2/h9-13H,3-8H2,1-2H3. The van der Waals surface area contributed by atoms with Crippen molar-refractivity contribution in [3.8, 4) is 0 Å². The Morgan fingerprint density at radius 3 is 2.23 bits per heavy atom. The Kier molecular flexibility index (Phi) is 2.92. The zero-order valence-corrected chi connectivity index (χ0v) is 9.05. The molecule has 0 spiro atoms. The second kappa shape index (κ2) is 4.00. The van der Waals surface area contributed by atoms with Crippen molar-refractivity contribution in [2.75, 3.05) is 6.54 Å². The van der Waals surface area contributed by atoms with Crippen molar-refractivity contribution in [3.63, 3.8) is 0 Å². The molecular weight excluding hydrogens is 158 g/mol. The fourth-order valence-corrected chi connectivity index (χ4v) is 2.46. The summed E-state index contributed by atoms with van der Waals surface area (Å²) in [5.74, 6) is 2.95. The molecule has 2 unspecified atom stereocenters. The van der Waals surface area contributed by atoms with E-state index in [2.05, 4.69) is 19.2 Å². The van der Waals surface area contributed by atoms with Gasteiger partial charge in [0.05, 0.1) is 0 Å². The molecule has 13 heavy (non-hydrogen) atoms. The first-order valence-corrected chi connectivity index (χ1v) is 5.99. The van der Waals surface area contributed by atoms with E-state index >= 15 is 0 Å².